The third kappa shape index (κ3) is 3.23. The molecule has 0 atom stereocenters. The number of anilines is 1. The van der Waals surface area contributed by atoms with Crippen LogP contribution in [0.1, 0.15) is 24.7 Å². The van der Waals surface area contributed by atoms with Crippen molar-refractivity contribution >= 4 is 6.01 Å². The molecule has 5 nitrogen and oxygen atoms in total. The molecule has 0 spiro atoms. The monoisotopic (exact) mass is 247 g/mol. The maximum Gasteiger partial charge on any atom is 0.321 e. The predicted molar refractivity (Wildman–Crippen MR) is 68.9 cm³/mol. The smallest absolute Gasteiger partial charge is 0.321 e. The first-order valence-electron chi connectivity index (χ1n) is 6.01. The molecule has 5 heteroatoms. The Kier molecular flexibility index (Phi) is 4.17. The van der Waals surface area contributed by atoms with Crippen molar-refractivity contribution in [3.63, 3.8) is 0 Å². The van der Waals surface area contributed by atoms with Gasteiger partial charge in [0, 0.05) is 13.0 Å². The van der Waals surface area contributed by atoms with Crippen molar-refractivity contribution in [1.82, 2.24) is 10.1 Å². The van der Waals surface area contributed by atoms with Crippen LogP contribution in [0.25, 0.3) is 0 Å². The summed E-state index contributed by atoms with van der Waals surface area (Å²) in [6.45, 7) is 2.92. The Labute approximate surface area is 106 Å². The lowest BCUT2D eigenvalue weighted by Crippen LogP contribution is -1.99. The molecule has 1 heterocycles. The zero-order chi connectivity index (χ0) is 12.8. The Morgan fingerprint density at radius 2 is 2.28 bits per heavy atom. The van der Waals surface area contributed by atoms with Gasteiger partial charge in [0.15, 0.2) is 5.82 Å². The van der Waals surface area contributed by atoms with Crippen molar-refractivity contribution in [3.05, 3.63) is 35.7 Å². The Morgan fingerprint density at radius 3 is 3.06 bits per heavy atom. The summed E-state index contributed by atoms with van der Waals surface area (Å²) < 4.78 is 10.3. The van der Waals surface area contributed by atoms with E-state index in [9.17, 15) is 0 Å². The molecule has 2 aromatic rings. The van der Waals surface area contributed by atoms with Gasteiger partial charge >= 0.3 is 6.01 Å². The summed E-state index contributed by atoms with van der Waals surface area (Å²) in [5.74, 6) is 1.50. The summed E-state index contributed by atoms with van der Waals surface area (Å²) in [4.78, 5) is 4.27. The molecule has 0 saturated carbocycles. The van der Waals surface area contributed by atoms with Gasteiger partial charge in [0.25, 0.3) is 0 Å². The van der Waals surface area contributed by atoms with Gasteiger partial charge in [-0.15, -0.1) is 0 Å². The van der Waals surface area contributed by atoms with Crippen molar-refractivity contribution in [2.24, 2.45) is 0 Å². The normalized spacial score (nSPS) is 10.3. The number of benzene rings is 1. The van der Waals surface area contributed by atoms with Gasteiger partial charge < -0.3 is 14.6 Å². The van der Waals surface area contributed by atoms with Gasteiger partial charge in [0.1, 0.15) is 5.75 Å². The lowest BCUT2D eigenvalue weighted by atomic mass is 10.1. The average molecular weight is 247 g/mol. The van der Waals surface area contributed by atoms with E-state index in [-0.39, 0.29) is 0 Å². The Balaban J connectivity index is 2.01. The van der Waals surface area contributed by atoms with Crippen molar-refractivity contribution in [3.8, 4) is 5.75 Å². The first kappa shape index (κ1) is 12.4. The van der Waals surface area contributed by atoms with E-state index < -0.39 is 0 Å². The second-order valence-corrected chi connectivity index (χ2v) is 3.97. The first-order valence-corrected chi connectivity index (χ1v) is 6.01. The van der Waals surface area contributed by atoms with Gasteiger partial charge in [-0.2, -0.15) is 4.98 Å². The Morgan fingerprint density at radius 1 is 1.39 bits per heavy atom. The zero-order valence-corrected chi connectivity index (χ0v) is 10.6. The maximum atomic E-state index is 5.17. The molecular weight excluding hydrogens is 230 g/mol. The molecule has 1 N–H and O–H groups in total. The minimum absolute atomic E-state index is 0.481. The van der Waals surface area contributed by atoms with Crippen LogP contribution >= 0.6 is 0 Å². The van der Waals surface area contributed by atoms with E-state index in [1.54, 1.807) is 7.11 Å². The fourth-order valence-electron chi connectivity index (χ4n) is 1.59. The zero-order valence-electron chi connectivity index (χ0n) is 10.6. The van der Waals surface area contributed by atoms with Gasteiger partial charge in [-0.1, -0.05) is 24.2 Å². The third-order valence-corrected chi connectivity index (χ3v) is 2.49. The van der Waals surface area contributed by atoms with Crippen LogP contribution in [0, 0.1) is 0 Å². The molecule has 0 aliphatic carbocycles. The van der Waals surface area contributed by atoms with E-state index in [1.807, 2.05) is 24.3 Å². The summed E-state index contributed by atoms with van der Waals surface area (Å²) in [6, 6.07) is 8.32. The van der Waals surface area contributed by atoms with E-state index in [4.69, 9.17) is 9.26 Å². The highest BCUT2D eigenvalue weighted by atomic mass is 16.5. The van der Waals surface area contributed by atoms with Gasteiger partial charge in [-0.3, -0.25) is 0 Å². The van der Waals surface area contributed by atoms with Crippen LogP contribution in [0.3, 0.4) is 0 Å². The average Bonchev–Trinajstić information content (AvgIpc) is 2.84. The number of hydrogen-bond acceptors (Lipinski definition) is 5. The number of nitrogens with one attached hydrogen (secondary N) is 1. The Bertz CT molecular complexity index is 496. The quantitative estimate of drug-likeness (QED) is 0.849. The van der Waals surface area contributed by atoms with Crippen LogP contribution in [0.5, 0.6) is 5.75 Å². The highest BCUT2D eigenvalue weighted by Gasteiger charge is 2.06. The highest BCUT2D eigenvalue weighted by molar-refractivity contribution is 5.30. The van der Waals surface area contributed by atoms with Crippen LogP contribution in [0.2, 0.25) is 0 Å². The van der Waals surface area contributed by atoms with E-state index in [0.717, 1.165) is 24.3 Å². The highest BCUT2D eigenvalue weighted by Crippen LogP contribution is 2.15. The molecule has 0 aliphatic heterocycles. The van der Waals surface area contributed by atoms with Crippen LogP contribution in [-0.2, 0) is 6.42 Å². The fourth-order valence-corrected chi connectivity index (χ4v) is 1.59. The second-order valence-electron chi connectivity index (χ2n) is 3.97. The first-order chi connectivity index (χ1) is 8.81. The molecule has 18 heavy (non-hydrogen) atoms. The number of ether oxygens (including phenoxy) is 1. The largest absolute Gasteiger partial charge is 0.497 e. The third-order valence-electron chi connectivity index (χ3n) is 2.49. The van der Waals surface area contributed by atoms with Gasteiger partial charge in [0.05, 0.1) is 7.11 Å². The lowest BCUT2D eigenvalue weighted by molar-refractivity contribution is 0.414. The molecule has 0 fully saturated rings. The lowest BCUT2D eigenvalue weighted by Gasteiger charge is -2.01. The predicted octanol–water partition coefficient (Wildman–Crippen LogP) is 2.49. The van der Waals surface area contributed by atoms with Crippen molar-refractivity contribution < 1.29 is 9.26 Å². The van der Waals surface area contributed by atoms with Crippen LogP contribution in [-0.4, -0.2) is 23.8 Å². The van der Waals surface area contributed by atoms with Gasteiger partial charge in [0.2, 0.25) is 0 Å². The number of methoxy groups -OCH3 is 1. The minimum Gasteiger partial charge on any atom is -0.497 e. The summed E-state index contributed by atoms with van der Waals surface area (Å²) in [5.41, 5.74) is 1.09. The maximum absolute atomic E-state index is 5.17. The van der Waals surface area contributed by atoms with Crippen LogP contribution < -0.4 is 10.1 Å². The molecule has 0 saturated heterocycles. The van der Waals surface area contributed by atoms with Gasteiger partial charge in [-0.25, -0.2) is 0 Å². The SMILES string of the molecule is CCCNc1nc(Cc2cccc(OC)c2)no1. The van der Waals surface area contributed by atoms with Crippen molar-refractivity contribution in [1.29, 1.82) is 0 Å². The molecule has 1 aromatic heterocycles. The number of nitrogens with zero attached hydrogens (tertiary/aromatic N) is 2. The number of rotatable bonds is 6. The molecular formula is C13H17N3O2. The van der Waals surface area contributed by atoms with E-state index >= 15 is 0 Å². The summed E-state index contributed by atoms with van der Waals surface area (Å²) in [5, 5.41) is 6.99. The second kappa shape index (κ2) is 6.05. The molecule has 0 unspecified atom stereocenters. The number of aromatic nitrogens is 2. The Hall–Kier alpha value is -2.04. The molecule has 0 radical (unpaired) electrons. The molecule has 2 rings (SSSR count). The minimum atomic E-state index is 0.481. The number of hydrogen-bond donors (Lipinski definition) is 1. The van der Waals surface area contributed by atoms with Crippen molar-refractivity contribution in [2.45, 2.75) is 19.8 Å². The van der Waals surface area contributed by atoms with E-state index in [1.165, 1.54) is 0 Å². The molecule has 0 amide bonds. The topological polar surface area (TPSA) is 60.2 Å². The fraction of sp³-hybridized carbons (Fsp3) is 0.385. The summed E-state index contributed by atoms with van der Waals surface area (Å²) in [6.07, 6.45) is 1.65. The van der Waals surface area contributed by atoms with E-state index in [2.05, 4.69) is 22.4 Å². The standard InChI is InChI=1S/C13H17N3O2/c1-3-7-14-13-15-12(16-18-13)9-10-5-4-6-11(8-10)17-2/h4-6,8H,3,7,9H2,1-2H3,(H,14,15,16). The van der Waals surface area contributed by atoms with E-state index in [0.29, 0.717) is 18.3 Å². The van der Waals surface area contributed by atoms with Crippen LogP contribution in [0.15, 0.2) is 28.8 Å². The van der Waals surface area contributed by atoms with Crippen LogP contribution in [0.4, 0.5) is 6.01 Å². The summed E-state index contributed by atoms with van der Waals surface area (Å²) >= 11 is 0. The molecule has 0 aliphatic rings. The summed E-state index contributed by atoms with van der Waals surface area (Å²) in [7, 11) is 1.65. The van der Waals surface area contributed by atoms with Crippen molar-refractivity contribution in [2.75, 3.05) is 19.0 Å². The van der Waals surface area contributed by atoms with Gasteiger partial charge in [-0.05, 0) is 24.1 Å². The molecule has 1 aromatic carbocycles. The molecule has 0 bridgehead atoms. The molecule has 96 valence electrons.